The van der Waals surface area contributed by atoms with Gasteiger partial charge in [0.2, 0.25) is 0 Å². The number of rotatable bonds is 5. The third-order valence-electron chi connectivity index (χ3n) is 4.15. The first-order valence-corrected chi connectivity index (χ1v) is 9.42. The minimum atomic E-state index is -0.133. The zero-order chi connectivity index (χ0) is 18.0. The van der Waals surface area contributed by atoms with Gasteiger partial charge in [0.1, 0.15) is 11.4 Å². The lowest BCUT2D eigenvalue weighted by atomic mass is 10.1. The van der Waals surface area contributed by atoms with E-state index in [1.807, 2.05) is 42.6 Å². The lowest BCUT2D eigenvalue weighted by molar-refractivity contribution is 0.0922. The highest BCUT2D eigenvalue weighted by Crippen LogP contribution is 2.26. The highest BCUT2D eigenvalue weighted by molar-refractivity contribution is 7.13. The number of amides is 1. The molecule has 1 amide bonds. The summed E-state index contributed by atoms with van der Waals surface area (Å²) in [7, 11) is 0. The number of hydrogen-bond donors (Lipinski definition) is 1. The smallest absolute Gasteiger partial charge is 0.270 e. The van der Waals surface area contributed by atoms with E-state index in [1.165, 1.54) is 0 Å². The summed E-state index contributed by atoms with van der Waals surface area (Å²) in [4.78, 5) is 13.8. The van der Waals surface area contributed by atoms with Crippen LogP contribution in [0.5, 0.6) is 0 Å². The van der Waals surface area contributed by atoms with Crippen LogP contribution in [0, 0.1) is 5.92 Å². The Morgan fingerprint density at radius 1 is 1.20 bits per heavy atom. The van der Waals surface area contributed by atoms with E-state index in [4.69, 9.17) is 11.6 Å². The molecular formula is C19H20ClN3OS. The van der Waals surface area contributed by atoms with Crippen molar-refractivity contribution >= 4 is 28.8 Å². The summed E-state index contributed by atoms with van der Waals surface area (Å²) in [6.45, 7) is 6.17. The molecule has 25 heavy (non-hydrogen) atoms. The largest absolute Gasteiger partial charge is 0.348 e. The minimum Gasteiger partial charge on any atom is -0.348 e. The van der Waals surface area contributed by atoms with Gasteiger partial charge in [0, 0.05) is 11.1 Å². The number of nitrogens with one attached hydrogen (secondary N) is 1. The van der Waals surface area contributed by atoms with E-state index in [-0.39, 0.29) is 11.9 Å². The Bertz CT molecular complexity index is 853. The molecule has 2 aromatic heterocycles. The van der Waals surface area contributed by atoms with Gasteiger partial charge in [0.15, 0.2) is 0 Å². The number of halogens is 1. The fraction of sp³-hybridized carbons (Fsp3) is 0.263. The molecule has 1 atom stereocenters. The second-order valence-corrected chi connectivity index (χ2v) is 7.67. The summed E-state index contributed by atoms with van der Waals surface area (Å²) in [5, 5.41) is 10.3. The van der Waals surface area contributed by atoms with Crippen molar-refractivity contribution in [3.05, 3.63) is 58.6 Å². The second kappa shape index (κ2) is 7.42. The Kier molecular flexibility index (Phi) is 5.25. The highest BCUT2D eigenvalue weighted by atomic mass is 35.5. The zero-order valence-corrected chi connectivity index (χ0v) is 15.9. The molecule has 1 aromatic carbocycles. The predicted octanol–water partition coefficient (Wildman–Crippen LogP) is 5.03. The molecule has 3 rings (SSSR count). The summed E-state index contributed by atoms with van der Waals surface area (Å²) in [5.74, 6) is 0.221. The maximum atomic E-state index is 12.8. The van der Waals surface area contributed by atoms with Crippen LogP contribution in [0.2, 0.25) is 5.02 Å². The van der Waals surface area contributed by atoms with E-state index in [0.29, 0.717) is 16.6 Å². The molecule has 130 valence electrons. The fourth-order valence-corrected chi connectivity index (χ4v) is 3.12. The van der Waals surface area contributed by atoms with Gasteiger partial charge in [-0.05, 0) is 54.6 Å². The number of nitrogens with zero attached hydrogens (tertiary/aromatic N) is 2. The van der Waals surface area contributed by atoms with Crippen molar-refractivity contribution in [2.45, 2.75) is 26.8 Å². The van der Waals surface area contributed by atoms with E-state index >= 15 is 0 Å². The van der Waals surface area contributed by atoms with Crippen molar-refractivity contribution in [3.8, 4) is 16.3 Å². The standard InChI is InChI=1S/C19H20ClN3OS/c1-12(2)13(3)21-19(24)17-11-16(18-5-4-10-25-18)22-23(17)15-8-6-14(20)7-9-15/h4-13H,1-3H3,(H,21,24)/t13-/m0/s1. The first kappa shape index (κ1) is 17.7. The molecule has 2 heterocycles. The maximum absolute atomic E-state index is 12.8. The van der Waals surface area contributed by atoms with Crippen molar-refractivity contribution in [1.82, 2.24) is 15.1 Å². The molecule has 0 spiro atoms. The van der Waals surface area contributed by atoms with E-state index in [1.54, 1.807) is 28.2 Å². The zero-order valence-electron chi connectivity index (χ0n) is 14.4. The van der Waals surface area contributed by atoms with Crippen LogP contribution < -0.4 is 5.32 Å². The summed E-state index contributed by atoms with van der Waals surface area (Å²) >= 11 is 7.58. The minimum absolute atomic E-state index is 0.0752. The molecular weight excluding hydrogens is 354 g/mol. The maximum Gasteiger partial charge on any atom is 0.270 e. The Balaban J connectivity index is 2.02. The van der Waals surface area contributed by atoms with Crippen LogP contribution in [0.15, 0.2) is 47.8 Å². The molecule has 0 saturated carbocycles. The Morgan fingerprint density at radius 3 is 2.52 bits per heavy atom. The molecule has 6 heteroatoms. The van der Waals surface area contributed by atoms with Crippen molar-refractivity contribution in [3.63, 3.8) is 0 Å². The Labute approximate surface area is 156 Å². The van der Waals surface area contributed by atoms with Crippen molar-refractivity contribution in [2.24, 2.45) is 5.92 Å². The molecule has 0 aliphatic rings. The van der Waals surface area contributed by atoms with Crippen LogP contribution >= 0.6 is 22.9 Å². The van der Waals surface area contributed by atoms with Crippen LogP contribution in [-0.4, -0.2) is 21.7 Å². The summed E-state index contributed by atoms with van der Waals surface area (Å²) in [6.07, 6.45) is 0. The third kappa shape index (κ3) is 3.94. The van der Waals surface area contributed by atoms with E-state index in [2.05, 4.69) is 24.3 Å². The quantitative estimate of drug-likeness (QED) is 0.681. The molecule has 0 radical (unpaired) electrons. The normalized spacial score (nSPS) is 12.4. The summed E-state index contributed by atoms with van der Waals surface area (Å²) in [5.41, 5.74) is 2.10. The molecule has 0 fully saturated rings. The molecule has 0 saturated heterocycles. The van der Waals surface area contributed by atoms with Gasteiger partial charge in [-0.3, -0.25) is 4.79 Å². The number of carbonyl (C=O) groups excluding carboxylic acids is 1. The van der Waals surface area contributed by atoms with Gasteiger partial charge in [-0.25, -0.2) is 4.68 Å². The SMILES string of the molecule is CC(C)[C@H](C)NC(=O)c1cc(-c2cccs2)nn1-c1ccc(Cl)cc1. The fourth-order valence-electron chi connectivity index (χ4n) is 2.31. The van der Waals surface area contributed by atoms with Crippen LogP contribution in [-0.2, 0) is 0 Å². The molecule has 1 N–H and O–H groups in total. The summed E-state index contributed by atoms with van der Waals surface area (Å²) < 4.78 is 1.67. The highest BCUT2D eigenvalue weighted by Gasteiger charge is 2.20. The van der Waals surface area contributed by atoms with Gasteiger partial charge in [-0.1, -0.05) is 31.5 Å². The topological polar surface area (TPSA) is 46.9 Å². The number of benzene rings is 1. The number of carbonyl (C=O) groups is 1. The monoisotopic (exact) mass is 373 g/mol. The lowest BCUT2D eigenvalue weighted by Gasteiger charge is -2.17. The van der Waals surface area contributed by atoms with Crippen LogP contribution in [0.1, 0.15) is 31.3 Å². The second-order valence-electron chi connectivity index (χ2n) is 6.29. The van der Waals surface area contributed by atoms with Crippen LogP contribution in [0.25, 0.3) is 16.3 Å². The molecule has 3 aromatic rings. The van der Waals surface area contributed by atoms with Gasteiger partial charge in [0.25, 0.3) is 5.91 Å². The number of hydrogen-bond acceptors (Lipinski definition) is 3. The molecule has 0 aliphatic heterocycles. The van der Waals surface area contributed by atoms with Gasteiger partial charge in [-0.15, -0.1) is 11.3 Å². The molecule has 0 bridgehead atoms. The van der Waals surface area contributed by atoms with Crippen molar-refractivity contribution < 1.29 is 4.79 Å². The molecule has 0 aliphatic carbocycles. The van der Waals surface area contributed by atoms with Gasteiger partial charge >= 0.3 is 0 Å². The van der Waals surface area contributed by atoms with E-state index < -0.39 is 0 Å². The van der Waals surface area contributed by atoms with Gasteiger partial charge < -0.3 is 5.32 Å². The number of thiophene rings is 1. The van der Waals surface area contributed by atoms with Crippen molar-refractivity contribution in [1.29, 1.82) is 0 Å². The average molecular weight is 374 g/mol. The van der Waals surface area contributed by atoms with Crippen LogP contribution in [0.3, 0.4) is 0 Å². The van der Waals surface area contributed by atoms with E-state index in [9.17, 15) is 4.79 Å². The first-order chi connectivity index (χ1) is 12.0. The van der Waals surface area contributed by atoms with Gasteiger partial charge in [-0.2, -0.15) is 5.10 Å². The van der Waals surface area contributed by atoms with Crippen molar-refractivity contribution in [2.75, 3.05) is 0 Å². The molecule has 4 nitrogen and oxygen atoms in total. The molecule has 0 unspecified atom stereocenters. The Morgan fingerprint density at radius 2 is 1.92 bits per heavy atom. The third-order valence-corrected chi connectivity index (χ3v) is 5.29. The van der Waals surface area contributed by atoms with Crippen LogP contribution in [0.4, 0.5) is 0 Å². The Hall–Kier alpha value is -2.11. The van der Waals surface area contributed by atoms with Gasteiger partial charge in [0.05, 0.1) is 10.6 Å². The lowest BCUT2D eigenvalue weighted by Crippen LogP contribution is -2.37. The number of aromatic nitrogens is 2. The summed E-state index contributed by atoms with van der Waals surface area (Å²) in [6, 6.07) is 13.2. The predicted molar refractivity (Wildman–Crippen MR) is 104 cm³/mol. The first-order valence-electron chi connectivity index (χ1n) is 8.16. The van der Waals surface area contributed by atoms with E-state index in [0.717, 1.165) is 16.3 Å². The average Bonchev–Trinajstić information content (AvgIpc) is 3.24.